The Morgan fingerprint density at radius 3 is 2.68 bits per heavy atom. The Hall–Kier alpha value is -1.82. The molecule has 0 saturated carbocycles. The Labute approximate surface area is 115 Å². The quantitative estimate of drug-likeness (QED) is 0.875. The van der Waals surface area contributed by atoms with E-state index in [1.807, 2.05) is 20.2 Å². The minimum atomic E-state index is -0.323. The third kappa shape index (κ3) is 3.82. The first-order valence-electron chi connectivity index (χ1n) is 5.76. The molecule has 1 unspecified atom stereocenters. The van der Waals surface area contributed by atoms with Crippen LogP contribution in [0.4, 0.5) is 10.1 Å². The fourth-order valence-corrected chi connectivity index (χ4v) is 2.39. The van der Waals surface area contributed by atoms with E-state index in [4.69, 9.17) is 0 Å². The number of hydrogen-bond acceptors (Lipinski definition) is 3. The lowest BCUT2D eigenvalue weighted by Gasteiger charge is -2.10. The predicted octanol–water partition coefficient (Wildman–Crippen LogP) is 2.68. The van der Waals surface area contributed by atoms with Gasteiger partial charge in [-0.3, -0.25) is 9.48 Å². The Bertz CT molecular complexity index is 568. The molecule has 0 bridgehead atoms. The fourth-order valence-electron chi connectivity index (χ4n) is 1.49. The molecule has 2 rings (SSSR count). The number of aromatic nitrogens is 2. The van der Waals surface area contributed by atoms with Crippen molar-refractivity contribution < 1.29 is 9.18 Å². The highest BCUT2D eigenvalue weighted by atomic mass is 32.2. The second-order valence-corrected chi connectivity index (χ2v) is 5.52. The summed E-state index contributed by atoms with van der Waals surface area (Å²) in [5.74, 6) is -0.448. The summed E-state index contributed by atoms with van der Waals surface area (Å²) in [5, 5.41) is 6.53. The Kier molecular flexibility index (Phi) is 4.21. The van der Waals surface area contributed by atoms with E-state index in [2.05, 4.69) is 10.4 Å². The third-order valence-corrected chi connectivity index (χ3v) is 3.53. The van der Waals surface area contributed by atoms with Gasteiger partial charge >= 0.3 is 0 Å². The number of nitrogens with one attached hydrogen (secondary N) is 1. The summed E-state index contributed by atoms with van der Waals surface area (Å²) >= 11 is 1.43. The Balaban J connectivity index is 1.94. The maximum Gasteiger partial charge on any atom is 0.237 e. The van der Waals surface area contributed by atoms with Crippen molar-refractivity contribution in [3.05, 3.63) is 42.5 Å². The van der Waals surface area contributed by atoms with Crippen LogP contribution in [0.5, 0.6) is 0 Å². The molecule has 1 heterocycles. The second kappa shape index (κ2) is 5.88. The van der Waals surface area contributed by atoms with Gasteiger partial charge in [-0.1, -0.05) is 0 Å². The molecule has 0 saturated heterocycles. The number of nitrogens with zero attached hydrogens (tertiary/aromatic N) is 2. The van der Waals surface area contributed by atoms with Gasteiger partial charge in [0.1, 0.15) is 5.82 Å². The van der Waals surface area contributed by atoms with Gasteiger partial charge in [-0.2, -0.15) is 5.10 Å². The van der Waals surface area contributed by atoms with Crippen LogP contribution in [0.15, 0.2) is 41.6 Å². The van der Waals surface area contributed by atoms with E-state index < -0.39 is 0 Å². The van der Waals surface area contributed by atoms with E-state index in [-0.39, 0.29) is 17.0 Å². The highest BCUT2D eigenvalue weighted by molar-refractivity contribution is 8.00. The molecule has 0 radical (unpaired) electrons. The molecule has 2 aromatic rings. The minimum absolute atomic E-state index is 0.125. The summed E-state index contributed by atoms with van der Waals surface area (Å²) in [7, 11) is 1.83. The second-order valence-electron chi connectivity index (χ2n) is 4.11. The van der Waals surface area contributed by atoms with Crippen molar-refractivity contribution in [1.29, 1.82) is 0 Å². The summed E-state index contributed by atoms with van der Waals surface area (Å²) in [5.41, 5.74) is 0.588. The van der Waals surface area contributed by atoms with Gasteiger partial charge in [-0.05, 0) is 31.2 Å². The van der Waals surface area contributed by atoms with Crippen molar-refractivity contribution in [2.24, 2.45) is 7.05 Å². The van der Waals surface area contributed by atoms with Crippen molar-refractivity contribution >= 4 is 23.4 Å². The SMILES string of the molecule is CC(Sc1cnn(C)c1)C(=O)Nc1ccc(F)cc1. The number of benzene rings is 1. The molecular formula is C13H14FN3OS. The number of aryl methyl sites for hydroxylation is 1. The van der Waals surface area contributed by atoms with Crippen LogP contribution in [0.25, 0.3) is 0 Å². The van der Waals surface area contributed by atoms with Crippen molar-refractivity contribution in [2.75, 3.05) is 5.32 Å². The number of hydrogen-bond donors (Lipinski definition) is 1. The average molecular weight is 279 g/mol. The Morgan fingerprint density at radius 2 is 2.11 bits per heavy atom. The lowest BCUT2D eigenvalue weighted by Crippen LogP contribution is -2.22. The largest absolute Gasteiger partial charge is 0.325 e. The number of amides is 1. The van der Waals surface area contributed by atoms with Crippen LogP contribution in [-0.2, 0) is 11.8 Å². The van der Waals surface area contributed by atoms with Crippen LogP contribution >= 0.6 is 11.8 Å². The molecule has 6 heteroatoms. The van der Waals surface area contributed by atoms with Gasteiger partial charge in [0.25, 0.3) is 0 Å². The Morgan fingerprint density at radius 1 is 1.42 bits per heavy atom. The molecule has 1 atom stereocenters. The van der Waals surface area contributed by atoms with E-state index >= 15 is 0 Å². The monoisotopic (exact) mass is 279 g/mol. The highest BCUT2D eigenvalue weighted by Gasteiger charge is 2.15. The maximum absolute atomic E-state index is 12.7. The van der Waals surface area contributed by atoms with E-state index in [9.17, 15) is 9.18 Å². The van der Waals surface area contributed by atoms with Crippen molar-refractivity contribution in [2.45, 2.75) is 17.1 Å². The number of carbonyl (C=O) groups is 1. The molecule has 19 heavy (non-hydrogen) atoms. The summed E-state index contributed by atoms with van der Waals surface area (Å²) in [6.45, 7) is 1.82. The molecule has 0 fully saturated rings. The van der Waals surface area contributed by atoms with Gasteiger partial charge < -0.3 is 5.32 Å². The summed E-state index contributed by atoms with van der Waals surface area (Å²) < 4.78 is 14.4. The number of anilines is 1. The zero-order valence-corrected chi connectivity index (χ0v) is 11.4. The number of thioether (sulfide) groups is 1. The van der Waals surface area contributed by atoms with Crippen LogP contribution in [0.2, 0.25) is 0 Å². The van der Waals surface area contributed by atoms with E-state index in [0.29, 0.717) is 5.69 Å². The average Bonchev–Trinajstić information content (AvgIpc) is 2.77. The van der Waals surface area contributed by atoms with Crippen molar-refractivity contribution in [3.63, 3.8) is 0 Å². The van der Waals surface area contributed by atoms with Crippen LogP contribution in [0.3, 0.4) is 0 Å². The molecule has 1 aromatic carbocycles. The van der Waals surface area contributed by atoms with Crippen LogP contribution < -0.4 is 5.32 Å². The predicted molar refractivity (Wildman–Crippen MR) is 73.6 cm³/mol. The van der Waals surface area contributed by atoms with Crippen LogP contribution in [0.1, 0.15) is 6.92 Å². The first-order valence-corrected chi connectivity index (χ1v) is 6.64. The lowest BCUT2D eigenvalue weighted by atomic mass is 10.3. The molecule has 4 nitrogen and oxygen atoms in total. The van der Waals surface area contributed by atoms with Gasteiger partial charge in [-0.15, -0.1) is 11.8 Å². The summed E-state index contributed by atoms with van der Waals surface area (Å²) in [4.78, 5) is 12.9. The van der Waals surface area contributed by atoms with Crippen LogP contribution in [-0.4, -0.2) is 20.9 Å². The number of halogens is 1. The zero-order valence-electron chi connectivity index (χ0n) is 10.6. The molecular weight excluding hydrogens is 265 g/mol. The van der Waals surface area contributed by atoms with Crippen molar-refractivity contribution in [1.82, 2.24) is 9.78 Å². The minimum Gasteiger partial charge on any atom is -0.325 e. The van der Waals surface area contributed by atoms with Gasteiger partial charge in [0, 0.05) is 23.8 Å². The van der Waals surface area contributed by atoms with Gasteiger partial charge in [0.2, 0.25) is 5.91 Å². The molecule has 0 spiro atoms. The normalized spacial score (nSPS) is 12.2. The number of carbonyl (C=O) groups excluding carboxylic acids is 1. The zero-order chi connectivity index (χ0) is 13.8. The van der Waals surface area contributed by atoms with E-state index in [1.54, 1.807) is 10.9 Å². The molecule has 0 aliphatic carbocycles. The van der Waals surface area contributed by atoms with Gasteiger partial charge in [-0.25, -0.2) is 4.39 Å². The standard InChI is InChI=1S/C13H14FN3OS/c1-9(19-12-7-15-17(2)8-12)13(18)16-11-5-3-10(14)4-6-11/h3-9H,1-2H3,(H,16,18). The van der Waals surface area contributed by atoms with Gasteiger partial charge in [0.15, 0.2) is 0 Å². The first kappa shape index (κ1) is 13.6. The van der Waals surface area contributed by atoms with Crippen LogP contribution in [0, 0.1) is 5.82 Å². The topological polar surface area (TPSA) is 46.9 Å². The lowest BCUT2D eigenvalue weighted by molar-refractivity contribution is -0.115. The number of rotatable bonds is 4. The first-order chi connectivity index (χ1) is 9.04. The van der Waals surface area contributed by atoms with E-state index in [1.165, 1.54) is 36.0 Å². The summed E-state index contributed by atoms with van der Waals surface area (Å²) in [6.07, 6.45) is 3.57. The smallest absolute Gasteiger partial charge is 0.237 e. The third-order valence-electron chi connectivity index (χ3n) is 2.48. The molecule has 0 aliphatic heterocycles. The summed E-state index contributed by atoms with van der Waals surface area (Å²) in [6, 6.07) is 5.70. The molecule has 0 aliphatic rings. The van der Waals surface area contributed by atoms with E-state index in [0.717, 1.165) is 4.90 Å². The molecule has 1 aromatic heterocycles. The van der Waals surface area contributed by atoms with Gasteiger partial charge in [0.05, 0.1) is 11.4 Å². The maximum atomic E-state index is 12.7. The molecule has 1 N–H and O–H groups in total. The van der Waals surface area contributed by atoms with Crippen molar-refractivity contribution in [3.8, 4) is 0 Å². The fraction of sp³-hybridized carbons (Fsp3) is 0.231. The molecule has 1 amide bonds. The molecule has 100 valence electrons. The highest BCUT2D eigenvalue weighted by Crippen LogP contribution is 2.23.